The Hall–Kier alpha value is -1.35. The topological polar surface area (TPSA) is 64.3 Å². The number of carbonyl (C=O) groups excluding carboxylic acids is 1. The SMILES string of the molecule is C=C=CCNCC=CC(N)C(=O)OC(C)(C)C. The van der Waals surface area contributed by atoms with Gasteiger partial charge < -0.3 is 15.8 Å². The number of ether oxygens (including phenoxy) is 1. The Labute approximate surface area is 103 Å². The molecule has 0 saturated carbocycles. The Morgan fingerprint density at radius 1 is 1.53 bits per heavy atom. The van der Waals surface area contributed by atoms with Crippen LogP contribution in [0.3, 0.4) is 0 Å². The molecular formula is C13H22N2O2. The smallest absolute Gasteiger partial charge is 0.327 e. The Morgan fingerprint density at radius 3 is 2.71 bits per heavy atom. The van der Waals surface area contributed by atoms with Gasteiger partial charge in [0.2, 0.25) is 0 Å². The van der Waals surface area contributed by atoms with E-state index in [0.29, 0.717) is 13.1 Å². The predicted octanol–water partition coefficient (Wildman–Crippen LogP) is 1.14. The van der Waals surface area contributed by atoms with Gasteiger partial charge in [0.05, 0.1) is 0 Å². The van der Waals surface area contributed by atoms with Gasteiger partial charge in [0, 0.05) is 13.1 Å². The van der Waals surface area contributed by atoms with Gasteiger partial charge >= 0.3 is 5.97 Å². The van der Waals surface area contributed by atoms with Crippen LogP contribution in [0.1, 0.15) is 20.8 Å². The predicted molar refractivity (Wildman–Crippen MR) is 69.5 cm³/mol. The summed E-state index contributed by atoms with van der Waals surface area (Å²) in [5, 5.41) is 3.08. The van der Waals surface area contributed by atoms with Gasteiger partial charge in [0.25, 0.3) is 0 Å². The molecule has 4 nitrogen and oxygen atoms in total. The maximum Gasteiger partial charge on any atom is 0.327 e. The van der Waals surface area contributed by atoms with Crippen LogP contribution >= 0.6 is 0 Å². The van der Waals surface area contributed by atoms with Crippen molar-refractivity contribution in [2.75, 3.05) is 13.1 Å². The Morgan fingerprint density at radius 2 is 2.18 bits per heavy atom. The molecule has 0 saturated heterocycles. The molecule has 0 fully saturated rings. The summed E-state index contributed by atoms with van der Waals surface area (Å²) in [5.74, 6) is -0.417. The molecule has 4 heteroatoms. The number of hydrogen-bond acceptors (Lipinski definition) is 4. The molecule has 0 amide bonds. The van der Waals surface area contributed by atoms with E-state index in [1.807, 2.05) is 20.8 Å². The summed E-state index contributed by atoms with van der Waals surface area (Å²) in [6.45, 7) is 10.2. The fraction of sp³-hybridized carbons (Fsp3) is 0.538. The molecule has 0 spiro atoms. The lowest BCUT2D eigenvalue weighted by Gasteiger charge is -2.21. The second kappa shape index (κ2) is 7.85. The van der Waals surface area contributed by atoms with Crippen molar-refractivity contribution in [2.24, 2.45) is 5.73 Å². The molecule has 0 aromatic heterocycles. The highest BCUT2D eigenvalue weighted by atomic mass is 16.6. The third kappa shape index (κ3) is 9.57. The van der Waals surface area contributed by atoms with Crippen LogP contribution in [-0.4, -0.2) is 30.7 Å². The summed E-state index contributed by atoms with van der Waals surface area (Å²) in [4.78, 5) is 11.5. The molecule has 3 N–H and O–H groups in total. The van der Waals surface area contributed by atoms with Gasteiger partial charge in [0.1, 0.15) is 11.6 Å². The first kappa shape index (κ1) is 15.7. The zero-order chi connectivity index (χ0) is 13.3. The van der Waals surface area contributed by atoms with Crippen LogP contribution in [-0.2, 0) is 9.53 Å². The number of esters is 1. The zero-order valence-electron chi connectivity index (χ0n) is 10.8. The van der Waals surface area contributed by atoms with E-state index in [0.717, 1.165) is 0 Å². The van der Waals surface area contributed by atoms with Gasteiger partial charge in [-0.3, -0.25) is 0 Å². The summed E-state index contributed by atoms with van der Waals surface area (Å²) < 4.78 is 5.14. The average Bonchev–Trinajstić information content (AvgIpc) is 2.20. The lowest BCUT2D eigenvalue weighted by molar-refractivity contribution is -0.155. The third-order valence-corrected chi connectivity index (χ3v) is 1.68. The van der Waals surface area contributed by atoms with E-state index < -0.39 is 17.6 Å². The van der Waals surface area contributed by atoms with E-state index >= 15 is 0 Å². The van der Waals surface area contributed by atoms with Crippen molar-refractivity contribution in [3.63, 3.8) is 0 Å². The van der Waals surface area contributed by atoms with E-state index in [2.05, 4.69) is 17.6 Å². The maximum absolute atomic E-state index is 11.5. The van der Waals surface area contributed by atoms with Crippen molar-refractivity contribution in [3.8, 4) is 0 Å². The minimum absolute atomic E-state index is 0.417. The van der Waals surface area contributed by atoms with Crippen molar-refractivity contribution in [1.29, 1.82) is 0 Å². The molecule has 0 aliphatic rings. The molecule has 17 heavy (non-hydrogen) atoms. The molecule has 0 aliphatic heterocycles. The van der Waals surface area contributed by atoms with E-state index in [-0.39, 0.29) is 0 Å². The van der Waals surface area contributed by atoms with E-state index in [4.69, 9.17) is 10.5 Å². The van der Waals surface area contributed by atoms with E-state index in [1.54, 1.807) is 18.2 Å². The van der Waals surface area contributed by atoms with Crippen molar-refractivity contribution >= 4 is 5.97 Å². The normalized spacial score (nSPS) is 13.2. The van der Waals surface area contributed by atoms with Gasteiger partial charge in [0.15, 0.2) is 0 Å². The van der Waals surface area contributed by atoms with Crippen LogP contribution in [0, 0.1) is 0 Å². The zero-order valence-corrected chi connectivity index (χ0v) is 10.8. The largest absolute Gasteiger partial charge is 0.459 e. The fourth-order valence-corrected chi connectivity index (χ4v) is 0.974. The van der Waals surface area contributed by atoms with Gasteiger partial charge in [-0.1, -0.05) is 18.7 Å². The van der Waals surface area contributed by atoms with Crippen molar-refractivity contribution in [3.05, 3.63) is 30.5 Å². The molecule has 0 bridgehead atoms. The molecule has 0 heterocycles. The lowest BCUT2D eigenvalue weighted by Crippen LogP contribution is -2.36. The number of nitrogens with two attached hydrogens (primary N) is 1. The first-order valence-corrected chi connectivity index (χ1v) is 5.57. The first-order valence-electron chi connectivity index (χ1n) is 5.57. The monoisotopic (exact) mass is 238 g/mol. The van der Waals surface area contributed by atoms with Crippen LogP contribution in [0.5, 0.6) is 0 Å². The van der Waals surface area contributed by atoms with Crippen molar-refractivity contribution in [1.82, 2.24) is 5.32 Å². The summed E-state index contributed by atoms with van der Waals surface area (Å²) in [6.07, 6.45) is 5.20. The minimum atomic E-state index is -0.717. The third-order valence-electron chi connectivity index (χ3n) is 1.68. The number of hydrogen-bond donors (Lipinski definition) is 2. The molecule has 0 aromatic rings. The van der Waals surface area contributed by atoms with E-state index in [1.165, 1.54) is 0 Å². The van der Waals surface area contributed by atoms with Crippen LogP contribution in [0.4, 0.5) is 0 Å². The Kier molecular flexibility index (Phi) is 7.22. The second-order valence-corrected chi connectivity index (χ2v) is 4.55. The molecule has 0 rings (SSSR count). The van der Waals surface area contributed by atoms with Gasteiger partial charge in [-0.2, -0.15) is 0 Å². The van der Waals surface area contributed by atoms with Crippen LogP contribution in [0.2, 0.25) is 0 Å². The summed E-state index contributed by atoms with van der Waals surface area (Å²) in [5.41, 5.74) is 7.79. The second-order valence-electron chi connectivity index (χ2n) is 4.55. The number of rotatable bonds is 6. The quantitative estimate of drug-likeness (QED) is 0.315. The highest BCUT2D eigenvalue weighted by molar-refractivity contribution is 5.78. The fourth-order valence-electron chi connectivity index (χ4n) is 0.974. The molecule has 0 aromatic carbocycles. The van der Waals surface area contributed by atoms with Crippen LogP contribution in [0.15, 0.2) is 30.5 Å². The highest BCUT2D eigenvalue weighted by Gasteiger charge is 2.19. The van der Waals surface area contributed by atoms with Crippen molar-refractivity contribution in [2.45, 2.75) is 32.4 Å². The molecule has 1 unspecified atom stereocenters. The summed E-state index contributed by atoms with van der Waals surface area (Å²) in [6, 6.07) is -0.717. The molecule has 96 valence electrons. The maximum atomic E-state index is 11.5. The van der Waals surface area contributed by atoms with Gasteiger partial charge in [-0.05, 0) is 26.8 Å². The highest BCUT2D eigenvalue weighted by Crippen LogP contribution is 2.07. The Bertz CT molecular complexity index is 310. The Balaban J connectivity index is 3.91. The van der Waals surface area contributed by atoms with Gasteiger partial charge in [-0.25, -0.2) is 4.79 Å². The molecule has 0 radical (unpaired) electrons. The molecular weight excluding hydrogens is 216 g/mol. The summed E-state index contributed by atoms with van der Waals surface area (Å²) in [7, 11) is 0. The minimum Gasteiger partial charge on any atom is -0.459 e. The number of carbonyl (C=O) groups is 1. The van der Waals surface area contributed by atoms with Crippen LogP contribution < -0.4 is 11.1 Å². The first-order chi connectivity index (χ1) is 7.87. The summed E-state index contributed by atoms with van der Waals surface area (Å²) >= 11 is 0. The van der Waals surface area contributed by atoms with E-state index in [9.17, 15) is 4.79 Å². The molecule has 1 atom stereocenters. The van der Waals surface area contributed by atoms with Gasteiger partial charge in [-0.15, -0.1) is 5.73 Å². The van der Waals surface area contributed by atoms with Crippen molar-refractivity contribution < 1.29 is 9.53 Å². The average molecular weight is 238 g/mol. The standard InChI is InChI=1S/C13H22N2O2/c1-5-6-9-15-10-7-8-11(14)12(16)17-13(2,3)4/h6-8,11,15H,1,9-10,14H2,2-4H3. The lowest BCUT2D eigenvalue weighted by atomic mass is 10.2. The number of nitrogens with one attached hydrogen (secondary N) is 1. The molecule has 0 aliphatic carbocycles. The van der Waals surface area contributed by atoms with Crippen LogP contribution in [0.25, 0.3) is 0 Å².